The number of carbonyl (C=O) groups is 1. The lowest BCUT2D eigenvalue weighted by Gasteiger charge is -2.11. The van der Waals surface area contributed by atoms with E-state index in [0.29, 0.717) is 22.9 Å². The Hall–Kier alpha value is -3.38. The van der Waals surface area contributed by atoms with Crippen molar-refractivity contribution in [1.29, 1.82) is 0 Å². The number of hydrogen-bond donors (Lipinski definition) is 1. The van der Waals surface area contributed by atoms with Gasteiger partial charge in [0.25, 0.3) is 0 Å². The SMILES string of the molecule is COc1ccc(OC)c(NC(=O)CSc2cn(Cc3cccc(C)c3)c3ccccc23)c1. The molecule has 0 spiro atoms. The first-order chi connectivity index (χ1) is 15.6. The van der Waals surface area contributed by atoms with Gasteiger partial charge in [0.15, 0.2) is 0 Å². The highest BCUT2D eigenvalue weighted by Crippen LogP contribution is 2.32. The van der Waals surface area contributed by atoms with E-state index >= 15 is 0 Å². The van der Waals surface area contributed by atoms with Crippen molar-refractivity contribution < 1.29 is 14.3 Å². The number of nitrogens with one attached hydrogen (secondary N) is 1. The van der Waals surface area contributed by atoms with E-state index in [1.54, 1.807) is 32.4 Å². The number of fused-ring (bicyclic) bond motifs is 1. The summed E-state index contributed by atoms with van der Waals surface area (Å²) in [6.07, 6.45) is 2.14. The standard InChI is InChI=1S/C26H26N2O3S/c1-18-7-6-8-19(13-18)15-28-16-25(21-9-4-5-10-23(21)28)32-17-26(29)27-22-14-20(30-2)11-12-24(22)31-3/h4-14,16H,15,17H2,1-3H3,(H,27,29). The Morgan fingerprint density at radius 1 is 1.00 bits per heavy atom. The third-order valence-corrected chi connectivity index (χ3v) is 6.27. The van der Waals surface area contributed by atoms with E-state index in [1.807, 2.05) is 12.1 Å². The van der Waals surface area contributed by atoms with Crippen molar-refractivity contribution in [3.05, 3.63) is 84.1 Å². The average Bonchev–Trinajstić information content (AvgIpc) is 3.15. The van der Waals surface area contributed by atoms with Crippen LogP contribution in [0, 0.1) is 6.92 Å². The van der Waals surface area contributed by atoms with Crippen LogP contribution in [0.15, 0.2) is 77.8 Å². The molecule has 0 aliphatic carbocycles. The zero-order chi connectivity index (χ0) is 22.5. The van der Waals surface area contributed by atoms with Crippen molar-refractivity contribution in [1.82, 2.24) is 4.57 Å². The summed E-state index contributed by atoms with van der Waals surface area (Å²) in [5.74, 6) is 1.45. The van der Waals surface area contributed by atoms with E-state index in [1.165, 1.54) is 22.9 Å². The number of carbonyl (C=O) groups excluding carboxylic acids is 1. The number of para-hydroxylation sites is 1. The normalized spacial score (nSPS) is 10.8. The van der Waals surface area contributed by atoms with E-state index in [4.69, 9.17) is 9.47 Å². The Morgan fingerprint density at radius 3 is 2.62 bits per heavy atom. The van der Waals surface area contributed by atoms with Crippen LogP contribution in [-0.2, 0) is 11.3 Å². The van der Waals surface area contributed by atoms with Gasteiger partial charge in [-0.05, 0) is 30.7 Å². The molecule has 3 aromatic carbocycles. The smallest absolute Gasteiger partial charge is 0.234 e. The highest BCUT2D eigenvalue weighted by Gasteiger charge is 2.13. The van der Waals surface area contributed by atoms with E-state index in [0.717, 1.165) is 22.3 Å². The van der Waals surface area contributed by atoms with Crippen molar-refractivity contribution in [2.75, 3.05) is 25.3 Å². The van der Waals surface area contributed by atoms with Crippen molar-refractivity contribution in [3.8, 4) is 11.5 Å². The van der Waals surface area contributed by atoms with Crippen LogP contribution in [0.2, 0.25) is 0 Å². The second-order valence-electron chi connectivity index (χ2n) is 7.53. The van der Waals surface area contributed by atoms with E-state index < -0.39 is 0 Å². The van der Waals surface area contributed by atoms with Gasteiger partial charge in [0.1, 0.15) is 11.5 Å². The molecule has 0 unspecified atom stereocenters. The molecule has 0 fully saturated rings. The lowest BCUT2D eigenvalue weighted by Crippen LogP contribution is -2.14. The van der Waals surface area contributed by atoms with Gasteiger partial charge >= 0.3 is 0 Å². The van der Waals surface area contributed by atoms with Crippen LogP contribution in [0.3, 0.4) is 0 Å². The Balaban J connectivity index is 1.51. The van der Waals surface area contributed by atoms with Crippen LogP contribution in [0.1, 0.15) is 11.1 Å². The van der Waals surface area contributed by atoms with Gasteiger partial charge in [0.2, 0.25) is 5.91 Å². The molecule has 1 heterocycles. The Labute approximate surface area is 192 Å². The minimum atomic E-state index is -0.0999. The molecule has 32 heavy (non-hydrogen) atoms. The number of methoxy groups -OCH3 is 2. The zero-order valence-electron chi connectivity index (χ0n) is 18.4. The maximum Gasteiger partial charge on any atom is 0.234 e. The Morgan fingerprint density at radius 2 is 1.84 bits per heavy atom. The molecule has 0 atom stereocenters. The van der Waals surface area contributed by atoms with Crippen LogP contribution in [0.4, 0.5) is 5.69 Å². The summed E-state index contributed by atoms with van der Waals surface area (Å²) in [6.45, 7) is 2.89. The molecule has 0 saturated heterocycles. The van der Waals surface area contributed by atoms with Gasteiger partial charge < -0.3 is 19.4 Å². The summed E-state index contributed by atoms with van der Waals surface area (Å²) in [6, 6.07) is 22.2. The zero-order valence-corrected chi connectivity index (χ0v) is 19.2. The van der Waals surface area contributed by atoms with Gasteiger partial charge in [-0.25, -0.2) is 0 Å². The maximum absolute atomic E-state index is 12.7. The average molecular weight is 447 g/mol. The first-order valence-electron chi connectivity index (χ1n) is 10.4. The van der Waals surface area contributed by atoms with Gasteiger partial charge in [-0.3, -0.25) is 4.79 Å². The number of aromatic nitrogens is 1. The van der Waals surface area contributed by atoms with Crippen LogP contribution in [0.5, 0.6) is 11.5 Å². The fraction of sp³-hybridized carbons (Fsp3) is 0.192. The highest BCUT2D eigenvalue weighted by molar-refractivity contribution is 8.00. The number of ether oxygens (including phenoxy) is 2. The summed E-state index contributed by atoms with van der Waals surface area (Å²) < 4.78 is 12.9. The summed E-state index contributed by atoms with van der Waals surface area (Å²) in [7, 11) is 3.17. The molecule has 0 aliphatic rings. The quantitative estimate of drug-likeness (QED) is 0.350. The number of amides is 1. The number of thioether (sulfide) groups is 1. The topological polar surface area (TPSA) is 52.5 Å². The molecule has 0 saturated carbocycles. The first-order valence-corrected chi connectivity index (χ1v) is 11.3. The lowest BCUT2D eigenvalue weighted by atomic mass is 10.1. The number of benzene rings is 3. The molecule has 0 aliphatic heterocycles. The Bertz CT molecular complexity index is 1250. The molecular formula is C26H26N2O3S. The maximum atomic E-state index is 12.7. The molecule has 6 heteroatoms. The molecule has 1 N–H and O–H groups in total. The molecule has 1 amide bonds. The van der Waals surface area contributed by atoms with Crippen molar-refractivity contribution >= 4 is 34.3 Å². The number of anilines is 1. The number of nitrogens with zero attached hydrogens (tertiary/aromatic N) is 1. The third-order valence-electron chi connectivity index (χ3n) is 5.23. The summed E-state index contributed by atoms with van der Waals surface area (Å²) in [5.41, 5.74) is 4.26. The van der Waals surface area contributed by atoms with E-state index in [-0.39, 0.29) is 5.91 Å². The second-order valence-corrected chi connectivity index (χ2v) is 8.55. The monoisotopic (exact) mass is 446 g/mol. The fourth-order valence-corrected chi connectivity index (χ4v) is 4.60. The Kier molecular flexibility index (Phi) is 6.71. The van der Waals surface area contributed by atoms with E-state index in [9.17, 15) is 4.79 Å². The number of hydrogen-bond acceptors (Lipinski definition) is 4. The van der Waals surface area contributed by atoms with Crippen LogP contribution in [-0.4, -0.2) is 30.4 Å². The highest BCUT2D eigenvalue weighted by atomic mass is 32.2. The largest absolute Gasteiger partial charge is 0.497 e. The summed E-state index contributed by atoms with van der Waals surface area (Å²) in [4.78, 5) is 13.8. The molecular weight excluding hydrogens is 420 g/mol. The molecule has 1 aromatic heterocycles. The predicted molar refractivity (Wildman–Crippen MR) is 131 cm³/mol. The molecule has 164 valence electrons. The minimum Gasteiger partial charge on any atom is -0.497 e. The van der Waals surface area contributed by atoms with Gasteiger partial charge in [-0.15, -0.1) is 11.8 Å². The molecule has 5 nitrogen and oxygen atoms in total. The molecule has 0 radical (unpaired) electrons. The van der Waals surface area contributed by atoms with Gasteiger partial charge in [-0.2, -0.15) is 0 Å². The van der Waals surface area contributed by atoms with E-state index in [2.05, 4.69) is 59.4 Å². The lowest BCUT2D eigenvalue weighted by molar-refractivity contribution is -0.113. The molecule has 4 rings (SSSR count). The number of rotatable bonds is 8. The van der Waals surface area contributed by atoms with Crippen molar-refractivity contribution in [2.24, 2.45) is 0 Å². The number of aryl methyl sites for hydroxylation is 1. The van der Waals surface area contributed by atoms with Crippen LogP contribution >= 0.6 is 11.8 Å². The first kappa shape index (κ1) is 21.8. The third kappa shape index (κ3) is 4.92. The molecule has 0 bridgehead atoms. The fourth-order valence-electron chi connectivity index (χ4n) is 3.71. The van der Waals surface area contributed by atoms with Crippen LogP contribution in [0.25, 0.3) is 10.9 Å². The molecule has 4 aromatic rings. The summed E-state index contributed by atoms with van der Waals surface area (Å²) >= 11 is 1.53. The minimum absolute atomic E-state index is 0.0999. The van der Waals surface area contributed by atoms with Crippen LogP contribution < -0.4 is 14.8 Å². The summed E-state index contributed by atoms with van der Waals surface area (Å²) in [5, 5.41) is 4.09. The van der Waals surface area contributed by atoms with Crippen molar-refractivity contribution in [3.63, 3.8) is 0 Å². The van der Waals surface area contributed by atoms with Gasteiger partial charge in [0, 0.05) is 34.6 Å². The predicted octanol–water partition coefficient (Wildman–Crippen LogP) is 5.75. The second kappa shape index (κ2) is 9.83. The van der Waals surface area contributed by atoms with Crippen molar-refractivity contribution in [2.45, 2.75) is 18.4 Å². The van der Waals surface area contributed by atoms with Gasteiger partial charge in [0.05, 0.1) is 25.7 Å². The van der Waals surface area contributed by atoms with Gasteiger partial charge in [-0.1, -0.05) is 48.0 Å².